The Bertz CT molecular complexity index is 1500. The van der Waals surface area contributed by atoms with Gasteiger partial charge in [0.25, 0.3) is 0 Å². The zero-order chi connectivity index (χ0) is 21.1. The van der Waals surface area contributed by atoms with E-state index in [1.54, 1.807) is 0 Å². The first-order chi connectivity index (χ1) is 15.8. The number of benzene rings is 5. The molecule has 0 aliphatic heterocycles. The molecule has 0 fully saturated rings. The van der Waals surface area contributed by atoms with Gasteiger partial charge in [-0.15, -0.1) is 0 Å². The van der Waals surface area contributed by atoms with Crippen LogP contribution >= 0.6 is 0 Å². The summed E-state index contributed by atoms with van der Waals surface area (Å²) in [4.78, 5) is 0. The minimum absolute atomic E-state index is 0.00671. The number of nitrogens with one attached hydrogen (secondary N) is 1. The van der Waals surface area contributed by atoms with Gasteiger partial charge < -0.3 is 5.32 Å². The molecule has 0 saturated carbocycles. The lowest BCUT2D eigenvalue weighted by molar-refractivity contribution is 0.564. The molecule has 1 nitrogen and oxygen atoms in total. The summed E-state index contributed by atoms with van der Waals surface area (Å²) < 4.78 is 0. The molecule has 1 N–H and O–H groups in total. The second-order valence-electron chi connectivity index (χ2n) is 9.16. The fourth-order valence-electron chi connectivity index (χ4n) is 6.05. The number of rotatable bonds is 2. The number of para-hydroxylation sites is 1. The van der Waals surface area contributed by atoms with Gasteiger partial charge in [0.05, 0.1) is 0 Å². The van der Waals surface area contributed by atoms with Crippen molar-refractivity contribution in [2.45, 2.75) is 18.3 Å². The zero-order valence-corrected chi connectivity index (χ0v) is 17.8. The maximum Gasteiger partial charge on any atom is 0.0387 e. The van der Waals surface area contributed by atoms with Gasteiger partial charge in [0.2, 0.25) is 0 Å². The largest absolute Gasteiger partial charge is 0.356 e. The molecule has 1 spiro atoms. The molecular formula is C31H23N. The Balaban J connectivity index is 1.41. The summed E-state index contributed by atoms with van der Waals surface area (Å²) in [5.41, 5.74) is 11.0. The van der Waals surface area contributed by atoms with E-state index in [2.05, 4.69) is 115 Å². The van der Waals surface area contributed by atoms with Crippen molar-refractivity contribution in [3.8, 4) is 11.1 Å². The minimum atomic E-state index is 0.00671. The van der Waals surface area contributed by atoms with Crippen molar-refractivity contribution in [2.75, 3.05) is 5.32 Å². The molecule has 5 aromatic rings. The molecule has 2 aliphatic carbocycles. The molecule has 0 radical (unpaired) electrons. The molecule has 5 aromatic carbocycles. The van der Waals surface area contributed by atoms with Crippen molar-refractivity contribution in [2.24, 2.45) is 0 Å². The van der Waals surface area contributed by atoms with E-state index in [0.717, 1.165) is 24.2 Å². The molecule has 0 aromatic heterocycles. The highest BCUT2D eigenvalue weighted by Crippen LogP contribution is 2.56. The average Bonchev–Trinajstić information content (AvgIpc) is 3.37. The van der Waals surface area contributed by atoms with E-state index in [-0.39, 0.29) is 5.41 Å². The van der Waals surface area contributed by atoms with Gasteiger partial charge >= 0.3 is 0 Å². The SMILES string of the molecule is c1ccc(Nc2ccc3c(c2)C2(Cc4ccc5ccccc5c4C2)c2ccccc2-3)cc1. The third-order valence-electron chi connectivity index (χ3n) is 7.44. The van der Waals surface area contributed by atoms with Gasteiger partial charge in [-0.25, -0.2) is 0 Å². The molecule has 2 aliphatic rings. The summed E-state index contributed by atoms with van der Waals surface area (Å²) >= 11 is 0. The summed E-state index contributed by atoms with van der Waals surface area (Å²) in [5, 5.41) is 6.37. The second kappa shape index (κ2) is 6.58. The van der Waals surface area contributed by atoms with Crippen molar-refractivity contribution < 1.29 is 0 Å². The topological polar surface area (TPSA) is 12.0 Å². The van der Waals surface area contributed by atoms with Crippen LogP contribution in [0.1, 0.15) is 22.3 Å². The van der Waals surface area contributed by atoms with Crippen LogP contribution in [0.4, 0.5) is 11.4 Å². The second-order valence-corrected chi connectivity index (χ2v) is 9.16. The van der Waals surface area contributed by atoms with Gasteiger partial charge in [-0.3, -0.25) is 0 Å². The number of hydrogen-bond acceptors (Lipinski definition) is 1. The predicted octanol–water partition coefficient (Wildman–Crippen LogP) is 7.65. The maximum atomic E-state index is 3.62. The van der Waals surface area contributed by atoms with E-state index < -0.39 is 0 Å². The van der Waals surface area contributed by atoms with E-state index in [0.29, 0.717) is 0 Å². The average molecular weight is 410 g/mol. The molecule has 1 heteroatoms. The Morgan fingerprint density at radius 2 is 1.34 bits per heavy atom. The zero-order valence-electron chi connectivity index (χ0n) is 17.8. The van der Waals surface area contributed by atoms with E-state index in [9.17, 15) is 0 Å². The summed E-state index contributed by atoms with van der Waals surface area (Å²) in [6.45, 7) is 0. The summed E-state index contributed by atoms with van der Waals surface area (Å²) in [6, 6.07) is 39.9. The Morgan fingerprint density at radius 3 is 2.28 bits per heavy atom. The number of fused-ring (bicyclic) bond motifs is 8. The first-order valence-electron chi connectivity index (χ1n) is 11.4. The molecule has 0 bridgehead atoms. The van der Waals surface area contributed by atoms with Crippen molar-refractivity contribution in [3.05, 3.63) is 131 Å². The minimum Gasteiger partial charge on any atom is -0.356 e. The third kappa shape index (κ3) is 2.45. The first-order valence-corrected chi connectivity index (χ1v) is 11.4. The molecule has 1 unspecified atom stereocenters. The van der Waals surface area contributed by atoms with Crippen LogP contribution in [0.5, 0.6) is 0 Å². The predicted molar refractivity (Wildman–Crippen MR) is 134 cm³/mol. The lowest BCUT2D eigenvalue weighted by Gasteiger charge is -2.27. The normalized spacial score (nSPS) is 17.9. The Labute approximate surface area is 188 Å². The van der Waals surface area contributed by atoms with Crippen LogP contribution in [0.3, 0.4) is 0 Å². The summed E-state index contributed by atoms with van der Waals surface area (Å²) in [7, 11) is 0. The summed E-state index contributed by atoms with van der Waals surface area (Å²) in [6.07, 6.45) is 2.12. The van der Waals surface area contributed by atoms with Gasteiger partial charge in [-0.1, -0.05) is 84.9 Å². The van der Waals surface area contributed by atoms with E-state index in [1.807, 2.05) is 0 Å². The summed E-state index contributed by atoms with van der Waals surface area (Å²) in [5.74, 6) is 0. The number of anilines is 2. The van der Waals surface area contributed by atoms with Gasteiger partial charge in [-0.2, -0.15) is 0 Å². The molecule has 0 amide bonds. The van der Waals surface area contributed by atoms with Crippen molar-refractivity contribution in [1.82, 2.24) is 0 Å². The molecular weight excluding hydrogens is 386 g/mol. The molecule has 32 heavy (non-hydrogen) atoms. The highest BCUT2D eigenvalue weighted by atomic mass is 14.9. The van der Waals surface area contributed by atoms with Crippen LogP contribution in [-0.2, 0) is 18.3 Å². The van der Waals surface area contributed by atoms with E-state index in [1.165, 1.54) is 44.2 Å². The lowest BCUT2D eigenvalue weighted by atomic mass is 9.75. The maximum absolute atomic E-state index is 3.62. The van der Waals surface area contributed by atoms with Crippen LogP contribution in [-0.4, -0.2) is 0 Å². The highest BCUT2D eigenvalue weighted by molar-refractivity contribution is 5.90. The molecule has 1 atom stereocenters. The van der Waals surface area contributed by atoms with Gasteiger partial charge in [-0.05, 0) is 81.3 Å². The molecule has 7 rings (SSSR count). The third-order valence-corrected chi connectivity index (χ3v) is 7.44. The first kappa shape index (κ1) is 17.8. The number of hydrogen-bond donors (Lipinski definition) is 1. The fraction of sp³-hybridized carbons (Fsp3) is 0.0968. The van der Waals surface area contributed by atoms with Crippen LogP contribution in [0.2, 0.25) is 0 Å². The fourth-order valence-corrected chi connectivity index (χ4v) is 6.05. The lowest BCUT2D eigenvalue weighted by Crippen LogP contribution is -2.25. The molecule has 0 saturated heterocycles. The van der Waals surface area contributed by atoms with Crippen molar-refractivity contribution in [3.63, 3.8) is 0 Å². The Morgan fingerprint density at radius 1 is 0.562 bits per heavy atom. The van der Waals surface area contributed by atoms with Gasteiger partial charge in [0, 0.05) is 16.8 Å². The quantitative estimate of drug-likeness (QED) is 0.316. The van der Waals surface area contributed by atoms with Gasteiger partial charge in [0.1, 0.15) is 0 Å². The monoisotopic (exact) mass is 409 g/mol. The Kier molecular flexibility index (Phi) is 3.66. The van der Waals surface area contributed by atoms with Crippen LogP contribution in [0, 0.1) is 0 Å². The Hall–Kier alpha value is -3.84. The van der Waals surface area contributed by atoms with Crippen molar-refractivity contribution >= 4 is 22.1 Å². The van der Waals surface area contributed by atoms with Crippen molar-refractivity contribution in [1.29, 1.82) is 0 Å². The van der Waals surface area contributed by atoms with Crippen LogP contribution in [0.15, 0.2) is 109 Å². The molecule has 0 heterocycles. The molecule has 152 valence electrons. The standard InChI is InChI=1S/C31H23N/c1-2-9-23(10-3-1)32-24-16-17-27-26-12-6-7-13-29(26)31(30(27)18-24)19-22-15-14-21-8-4-5-11-25(21)28(22)20-31/h1-18,32H,19-20H2. The highest BCUT2D eigenvalue weighted by Gasteiger charge is 2.47. The van der Waals surface area contributed by atoms with Crippen LogP contribution < -0.4 is 5.32 Å². The van der Waals surface area contributed by atoms with Gasteiger partial charge in [0.15, 0.2) is 0 Å². The van der Waals surface area contributed by atoms with E-state index in [4.69, 9.17) is 0 Å². The van der Waals surface area contributed by atoms with E-state index >= 15 is 0 Å². The smallest absolute Gasteiger partial charge is 0.0387 e. The van der Waals surface area contributed by atoms with Crippen LogP contribution in [0.25, 0.3) is 21.9 Å².